The average molecular weight is 365 g/mol. The fourth-order valence-electron chi connectivity index (χ4n) is 5.01. The summed E-state index contributed by atoms with van der Waals surface area (Å²) in [6.45, 7) is 6.30. The minimum Gasteiger partial charge on any atom is -0.346 e. The quantitative estimate of drug-likeness (QED) is 0.878. The topological polar surface area (TPSA) is 75.2 Å². The summed E-state index contributed by atoms with van der Waals surface area (Å²) in [6.07, 6.45) is 1.82. The first-order valence-electron chi connectivity index (χ1n) is 9.86. The van der Waals surface area contributed by atoms with E-state index in [9.17, 15) is 10.1 Å². The molecule has 3 atom stereocenters. The number of aromatic nitrogens is 1. The molecule has 2 aromatic rings. The first kappa shape index (κ1) is 17.9. The van der Waals surface area contributed by atoms with Crippen molar-refractivity contribution in [1.82, 2.24) is 20.1 Å². The van der Waals surface area contributed by atoms with E-state index in [1.807, 2.05) is 18.7 Å². The van der Waals surface area contributed by atoms with Crippen molar-refractivity contribution in [2.75, 3.05) is 26.7 Å². The lowest BCUT2D eigenvalue weighted by Crippen LogP contribution is -2.56. The van der Waals surface area contributed by atoms with E-state index < -0.39 is 0 Å². The molecule has 0 bridgehead atoms. The number of aromatic amines is 1. The highest BCUT2D eigenvalue weighted by Gasteiger charge is 2.40. The van der Waals surface area contributed by atoms with E-state index in [1.54, 1.807) is 0 Å². The number of rotatable bonds is 3. The van der Waals surface area contributed by atoms with Crippen LogP contribution < -0.4 is 5.32 Å². The van der Waals surface area contributed by atoms with E-state index in [2.05, 4.69) is 46.5 Å². The average Bonchev–Trinajstić information content (AvgIpc) is 3.03. The van der Waals surface area contributed by atoms with Crippen molar-refractivity contribution in [3.8, 4) is 6.07 Å². The number of piperidine rings is 1. The van der Waals surface area contributed by atoms with Crippen LogP contribution in [0, 0.1) is 11.3 Å². The van der Waals surface area contributed by atoms with E-state index in [4.69, 9.17) is 0 Å². The number of amides is 2. The number of nitrogens with zero attached hydrogens (tertiary/aromatic N) is 3. The molecular formula is C21H27N5O. The van der Waals surface area contributed by atoms with Gasteiger partial charge in [0.05, 0.1) is 0 Å². The molecule has 6 heteroatoms. The summed E-state index contributed by atoms with van der Waals surface area (Å²) in [5.41, 5.74) is 4.21. The number of carbonyl (C=O) groups is 1. The Bertz CT molecular complexity index is 907. The van der Waals surface area contributed by atoms with Gasteiger partial charge in [0.25, 0.3) is 0 Å². The first-order valence-corrected chi connectivity index (χ1v) is 9.86. The number of hydrogen-bond donors (Lipinski definition) is 2. The number of urea groups is 1. The molecule has 0 radical (unpaired) electrons. The van der Waals surface area contributed by atoms with E-state index in [0.717, 1.165) is 43.6 Å². The maximum Gasteiger partial charge on any atom is 0.317 e. The van der Waals surface area contributed by atoms with Crippen LogP contribution >= 0.6 is 0 Å². The lowest BCUT2D eigenvalue weighted by molar-refractivity contribution is 0.124. The zero-order chi connectivity index (χ0) is 19.1. The zero-order valence-corrected chi connectivity index (χ0v) is 16.2. The van der Waals surface area contributed by atoms with Gasteiger partial charge in [0.1, 0.15) is 11.8 Å². The summed E-state index contributed by atoms with van der Waals surface area (Å²) in [4.78, 5) is 20.0. The molecule has 27 heavy (non-hydrogen) atoms. The van der Waals surface area contributed by atoms with Gasteiger partial charge in [-0.15, -0.1) is 0 Å². The Hall–Kier alpha value is -2.52. The number of H-pyrrole nitrogens is 1. The van der Waals surface area contributed by atoms with Crippen molar-refractivity contribution in [2.24, 2.45) is 0 Å². The molecule has 1 aliphatic heterocycles. The number of fused-ring (bicyclic) bond motifs is 2. The summed E-state index contributed by atoms with van der Waals surface area (Å²) in [5.74, 6) is 0.365. The van der Waals surface area contributed by atoms with Gasteiger partial charge in [-0.25, -0.2) is 4.79 Å². The van der Waals surface area contributed by atoms with Crippen LogP contribution in [0.2, 0.25) is 0 Å². The Labute approximate surface area is 160 Å². The molecule has 0 spiro atoms. The SMILES string of the molecule is CCN(CC)C(=O)N[C@H]1CC2c3cccc4[nH]c(C#N)c(c34)C[C@H]2N(C)C1. The van der Waals surface area contributed by atoms with E-state index in [-0.39, 0.29) is 12.1 Å². The van der Waals surface area contributed by atoms with Crippen molar-refractivity contribution in [3.05, 3.63) is 35.0 Å². The molecule has 1 aliphatic carbocycles. The Morgan fingerprint density at radius 3 is 2.89 bits per heavy atom. The predicted octanol–water partition coefficient (Wildman–Crippen LogP) is 2.80. The molecule has 1 saturated heterocycles. The highest BCUT2D eigenvalue weighted by molar-refractivity contribution is 5.90. The molecular weight excluding hydrogens is 338 g/mol. The summed E-state index contributed by atoms with van der Waals surface area (Å²) >= 11 is 0. The molecule has 2 heterocycles. The van der Waals surface area contributed by atoms with Gasteiger partial charge < -0.3 is 20.1 Å². The zero-order valence-electron chi connectivity index (χ0n) is 16.2. The summed E-state index contributed by atoms with van der Waals surface area (Å²) in [7, 11) is 2.14. The van der Waals surface area contributed by atoms with Crippen molar-refractivity contribution >= 4 is 16.9 Å². The van der Waals surface area contributed by atoms with Crippen LogP contribution in [0.15, 0.2) is 18.2 Å². The van der Waals surface area contributed by atoms with Crippen molar-refractivity contribution in [2.45, 2.75) is 44.7 Å². The number of hydrogen-bond acceptors (Lipinski definition) is 3. The number of benzene rings is 1. The van der Waals surface area contributed by atoms with Crippen molar-refractivity contribution in [1.29, 1.82) is 5.26 Å². The molecule has 6 nitrogen and oxygen atoms in total. The van der Waals surface area contributed by atoms with Crippen molar-refractivity contribution < 1.29 is 4.79 Å². The monoisotopic (exact) mass is 365 g/mol. The largest absolute Gasteiger partial charge is 0.346 e. The summed E-state index contributed by atoms with van der Waals surface area (Å²) < 4.78 is 0. The number of likely N-dealkylation sites (tertiary alicyclic amines) is 1. The molecule has 4 rings (SSSR count). The van der Waals surface area contributed by atoms with E-state index in [0.29, 0.717) is 17.7 Å². The first-order chi connectivity index (χ1) is 13.1. The van der Waals surface area contributed by atoms with E-state index >= 15 is 0 Å². The molecule has 0 saturated carbocycles. The Morgan fingerprint density at radius 1 is 1.41 bits per heavy atom. The van der Waals surface area contributed by atoms with Gasteiger partial charge in [-0.2, -0.15) is 5.26 Å². The maximum atomic E-state index is 12.5. The number of likely N-dealkylation sites (N-methyl/N-ethyl adjacent to an activating group) is 1. The van der Waals surface area contributed by atoms with Crippen molar-refractivity contribution in [3.63, 3.8) is 0 Å². The molecule has 1 aromatic heterocycles. The Kier molecular flexibility index (Phi) is 4.56. The number of nitriles is 1. The van der Waals surface area contributed by atoms with Gasteiger partial charge >= 0.3 is 6.03 Å². The smallest absolute Gasteiger partial charge is 0.317 e. The molecule has 1 unspecified atom stereocenters. The van der Waals surface area contributed by atoms with Crippen LogP contribution in [-0.2, 0) is 6.42 Å². The standard InChI is InChI=1S/C21H27N5O/c1-4-26(5-2)21(27)23-13-9-15-14-7-6-8-17-20(14)16(18(11-22)24-17)10-19(15)25(3)12-13/h6-8,13,15,19,24H,4-5,9-10,12H2,1-3H3,(H,23,27)/t13-,15?,19+/m0/s1. The van der Waals surface area contributed by atoms with E-state index in [1.165, 1.54) is 10.9 Å². The van der Waals surface area contributed by atoms with Crippen LogP contribution in [-0.4, -0.2) is 59.6 Å². The lowest BCUT2D eigenvalue weighted by Gasteiger charge is -2.46. The van der Waals surface area contributed by atoms with Gasteiger partial charge in [0.15, 0.2) is 0 Å². The third kappa shape index (κ3) is 2.87. The van der Waals surface area contributed by atoms with Crippen LogP contribution in [0.5, 0.6) is 0 Å². The molecule has 1 fully saturated rings. The molecule has 142 valence electrons. The normalized spacial score (nSPS) is 24.3. The van der Waals surface area contributed by atoms with Crippen LogP contribution in [0.25, 0.3) is 10.9 Å². The number of carbonyl (C=O) groups excluding carboxylic acids is 1. The van der Waals surface area contributed by atoms with Crippen LogP contribution in [0.1, 0.15) is 43.0 Å². The van der Waals surface area contributed by atoms with Gasteiger partial charge in [-0.1, -0.05) is 12.1 Å². The second-order valence-corrected chi connectivity index (χ2v) is 7.73. The minimum atomic E-state index is 0.0277. The third-order valence-electron chi connectivity index (χ3n) is 6.34. The Balaban J connectivity index is 1.65. The third-order valence-corrected chi connectivity index (χ3v) is 6.34. The van der Waals surface area contributed by atoms with Gasteiger partial charge in [-0.05, 0) is 50.9 Å². The van der Waals surface area contributed by atoms with Crippen LogP contribution in [0.4, 0.5) is 4.79 Å². The molecule has 1 aromatic carbocycles. The Morgan fingerprint density at radius 2 is 2.19 bits per heavy atom. The fraction of sp³-hybridized carbons (Fsp3) is 0.524. The minimum absolute atomic E-state index is 0.0277. The van der Waals surface area contributed by atoms with Gasteiger partial charge in [0.2, 0.25) is 0 Å². The summed E-state index contributed by atoms with van der Waals surface area (Å²) in [5, 5.41) is 14.0. The summed E-state index contributed by atoms with van der Waals surface area (Å²) in [6, 6.07) is 9.18. The molecule has 2 N–H and O–H groups in total. The highest BCUT2D eigenvalue weighted by atomic mass is 16.2. The number of nitrogens with one attached hydrogen (secondary N) is 2. The molecule has 2 aliphatic rings. The molecule has 2 amide bonds. The van der Waals surface area contributed by atoms with Gasteiger partial charge in [-0.3, -0.25) is 0 Å². The second-order valence-electron chi connectivity index (χ2n) is 7.73. The fourth-order valence-corrected chi connectivity index (χ4v) is 5.01. The predicted molar refractivity (Wildman–Crippen MR) is 106 cm³/mol. The van der Waals surface area contributed by atoms with Crippen LogP contribution in [0.3, 0.4) is 0 Å². The maximum absolute atomic E-state index is 12.5. The van der Waals surface area contributed by atoms with Gasteiger partial charge in [0, 0.05) is 48.5 Å². The lowest BCUT2D eigenvalue weighted by atomic mass is 9.73. The highest BCUT2D eigenvalue weighted by Crippen LogP contribution is 2.44. The second kappa shape index (κ2) is 6.90.